The molecular formula is C8H7Cl2NO3. The minimum absolute atomic E-state index is 0.0114. The molecule has 0 unspecified atom stereocenters. The molecule has 1 aromatic heterocycles. The van der Waals surface area contributed by atoms with Gasteiger partial charge >= 0.3 is 5.97 Å². The van der Waals surface area contributed by atoms with Gasteiger partial charge in [0.25, 0.3) is 0 Å². The molecule has 76 valence electrons. The Morgan fingerprint density at radius 1 is 1.36 bits per heavy atom. The van der Waals surface area contributed by atoms with Gasteiger partial charge in [-0.3, -0.25) is 0 Å². The standard InChI is InChI=1S/C8H7Cl2NO3/c1-13-5-3-4(8(12)14-2)6(9)11-7(5)10/h3H,1-2H3. The first-order valence-corrected chi connectivity index (χ1v) is 4.34. The second-order valence-electron chi connectivity index (χ2n) is 2.31. The molecule has 0 bridgehead atoms. The molecule has 1 aromatic rings. The lowest BCUT2D eigenvalue weighted by atomic mass is 10.3. The smallest absolute Gasteiger partial charge is 0.341 e. The average Bonchev–Trinajstić information content (AvgIpc) is 2.17. The molecule has 0 amide bonds. The molecule has 1 heterocycles. The van der Waals surface area contributed by atoms with Crippen LogP contribution in [0.4, 0.5) is 0 Å². The van der Waals surface area contributed by atoms with Gasteiger partial charge in [0.05, 0.1) is 14.2 Å². The van der Waals surface area contributed by atoms with E-state index < -0.39 is 5.97 Å². The molecule has 0 spiro atoms. The molecule has 0 aromatic carbocycles. The van der Waals surface area contributed by atoms with Gasteiger partial charge in [0.2, 0.25) is 0 Å². The summed E-state index contributed by atoms with van der Waals surface area (Å²) in [7, 11) is 2.66. The Balaban J connectivity index is 3.24. The van der Waals surface area contributed by atoms with Crippen LogP contribution in [0.1, 0.15) is 10.4 Å². The van der Waals surface area contributed by atoms with Gasteiger partial charge in [0.15, 0.2) is 10.9 Å². The van der Waals surface area contributed by atoms with E-state index in [0.717, 1.165) is 0 Å². The van der Waals surface area contributed by atoms with Crippen LogP contribution in [0.2, 0.25) is 10.3 Å². The number of hydrogen-bond donors (Lipinski definition) is 0. The fourth-order valence-electron chi connectivity index (χ4n) is 0.848. The Hall–Kier alpha value is -1.00. The minimum Gasteiger partial charge on any atom is -0.493 e. The predicted octanol–water partition coefficient (Wildman–Crippen LogP) is 2.18. The quantitative estimate of drug-likeness (QED) is 0.583. The summed E-state index contributed by atoms with van der Waals surface area (Å²) in [5, 5.41) is 0.0906. The molecule has 0 aliphatic carbocycles. The van der Waals surface area contributed by atoms with Crippen LogP contribution in [0.25, 0.3) is 0 Å². The zero-order valence-corrected chi connectivity index (χ0v) is 9.02. The van der Waals surface area contributed by atoms with Crippen LogP contribution >= 0.6 is 23.2 Å². The van der Waals surface area contributed by atoms with Crippen molar-refractivity contribution in [2.75, 3.05) is 14.2 Å². The minimum atomic E-state index is -0.586. The topological polar surface area (TPSA) is 48.4 Å². The number of carbonyl (C=O) groups excluding carboxylic acids is 1. The fraction of sp³-hybridized carbons (Fsp3) is 0.250. The average molecular weight is 236 g/mol. The predicted molar refractivity (Wildman–Crippen MR) is 52.1 cm³/mol. The largest absolute Gasteiger partial charge is 0.493 e. The first-order valence-electron chi connectivity index (χ1n) is 3.58. The summed E-state index contributed by atoms with van der Waals surface area (Å²) in [5.41, 5.74) is 0.121. The van der Waals surface area contributed by atoms with Crippen LogP contribution in [0.15, 0.2) is 6.07 Å². The van der Waals surface area contributed by atoms with Gasteiger partial charge in [-0.05, 0) is 0 Å². The van der Waals surface area contributed by atoms with E-state index in [2.05, 4.69) is 9.72 Å². The Kier molecular flexibility index (Phi) is 3.55. The Morgan fingerprint density at radius 3 is 2.50 bits per heavy atom. The summed E-state index contributed by atoms with van der Waals surface area (Å²) in [4.78, 5) is 14.9. The van der Waals surface area contributed by atoms with Crippen molar-refractivity contribution in [3.8, 4) is 5.75 Å². The van der Waals surface area contributed by atoms with Gasteiger partial charge in [0, 0.05) is 6.07 Å². The molecule has 0 fully saturated rings. The zero-order valence-electron chi connectivity index (χ0n) is 7.51. The van der Waals surface area contributed by atoms with E-state index in [9.17, 15) is 4.79 Å². The number of halogens is 2. The summed E-state index contributed by atoms with van der Waals surface area (Å²) in [6.07, 6.45) is 0. The van der Waals surface area contributed by atoms with E-state index in [4.69, 9.17) is 27.9 Å². The third-order valence-electron chi connectivity index (χ3n) is 1.52. The third-order valence-corrected chi connectivity index (χ3v) is 2.08. The maximum Gasteiger partial charge on any atom is 0.341 e. The van der Waals surface area contributed by atoms with Gasteiger partial charge in [0.1, 0.15) is 10.7 Å². The second kappa shape index (κ2) is 4.48. The van der Waals surface area contributed by atoms with Crippen LogP contribution in [0.3, 0.4) is 0 Å². The molecule has 14 heavy (non-hydrogen) atoms. The van der Waals surface area contributed by atoms with Crippen molar-refractivity contribution in [2.45, 2.75) is 0 Å². The SMILES string of the molecule is COC(=O)c1cc(OC)c(Cl)nc1Cl. The van der Waals surface area contributed by atoms with Crippen molar-refractivity contribution >= 4 is 29.2 Å². The number of ether oxygens (including phenoxy) is 2. The zero-order chi connectivity index (χ0) is 10.7. The van der Waals surface area contributed by atoms with Crippen molar-refractivity contribution in [3.63, 3.8) is 0 Å². The van der Waals surface area contributed by atoms with Crippen molar-refractivity contribution in [1.29, 1.82) is 0 Å². The highest BCUT2D eigenvalue weighted by molar-refractivity contribution is 6.35. The lowest BCUT2D eigenvalue weighted by Crippen LogP contribution is -2.04. The molecule has 0 saturated carbocycles. The van der Waals surface area contributed by atoms with Gasteiger partial charge in [-0.25, -0.2) is 9.78 Å². The Morgan fingerprint density at radius 2 is 2.00 bits per heavy atom. The molecule has 1 rings (SSSR count). The van der Waals surface area contributed by atoms with E-state index in [-0.39, 0.29) is 21.6 Å². The van der Waals surface area contributed by atoms with Gasteiger partial charge in [-0.2, -0.15) is 0 Å². The van der Waals surface area contributed by atoms with Crippen molar-refractivity contribution in [2.24, 2.45) is 0 Å². The molecule has 0 saturated heterocycles. The number of pyridine rings is 1. The number of methoxy groups -OCH3 is 2. The molecule has 4 nitrogen and oxygen atoms in total. The first kappa shape index (κ1) is 11.1. The summed E-state index contributed by atoms with van der Waals surface area (Å²) in [6, 6.07) is 1.38. The van der Waals surface area contributed by atoms with E-state index >= 15 is 0 Å². The van der Waals surface area contributed by atoms with Gasteiger partial charge < -0.3 is 9.47 Å². The van der Waals surface area contributed by atoms with Crippen LogP contribution < -0.4 is 4.74 Å². The van der Waals surface area contributed by atoms with E-state index in [1.165, 1.54) is 20.3 Å². The molecule has 0 atom stereocenters. The molecule has 0 radical (unpaired) electrons. The first-order chi connectivity index (χ1) is 6.60. The Bertz CT molecular complexity index is 368. The maximum absolute atomic E-state index is 11.2. The Labute approximate surface area is 90.7 Å². The van der Waals surface area contributed by atoms with Gasteiger partial charge in [-0.15, -0.1) is 0 Å². The maximum atomic E-state index is 11.2. The lowest BCUT2D eigenvalue weighted by molar-refractivity contribution is 0.0600. The van der Waals surface area contributed by atoms with Crippen LogP contribution in [-0.4, -0.2) is 25.2 Å². The summed E-state index contributed by atoms with van der Waals surface area (Å²) in [5.74, 6) is -0.311. The number of aromatic nitrogens is 1. The highest BCUT2D eigenvalue weighted by Gasteiger charge is 2.15. The van der Waals surface area contributed by atoms with Crippen LogP contribution in [0.5, 0.6) is 5.75 Å². The van der Waals surface area contributed by atoms with Crippen molar-refractivity contribution in [1.82, 2.24) is 4.98 Å². The number of esters is 1. The van der Waals surface area contributed by atoms with E-state index in [1.54, 1.807) is 0 Å². The van der Waals surface area contributed by atoms with Crippen LogP contribution in [0, 0.1) is 0 Å². The number of carbonyl (C=O) groups is 1. The molecule has 0 aliphatic heterocycles. The van der Waals surface area contributed by atoms with Crippen LogP contribution in [-0.2, 0) is 4.74 Å². The van der Waals surface area contributed by atoms with Crippen molar-refractivity contribution < 1.29 is 14.3 Å². The number of nitrogens with zero attached hydrogens (tertiary/aromatic N) is 1. The fourth-order valence-corrected chi connectivity index (χ4v) is 1.32. The third kappa shape index (κ3) is 2.08. The highest BCUT2D eigenvalue weighted by atomic mass is 35.5. The highest BCUT2D eigenvalue weighted by Crippen LogP contribution is 2.27. The molecule has 0 aliphatic rings. The lowest BCUT2D eigenvalue weighted by Gasteiger charge is -2.06. The molecule has 6 heteroatoms. The number of hydrogen-bond acceptors (Lipinski definition) is 4. The number of rotatable bonds is 2. The normalized spacial score (nSPS) is 9.71. The van der Waals surface area contributed by atoms with Crippen molar-refractivity contribution in [3.05, 3.63) is 21.9 Å². The second-order valence-corrected chi connectivity index (χ2v) is 3.03. The summed E-state index contributed by atoms with van der Waals surface area (Å²) >= 11 is 11.4. The monoisotopic (exact) mass is 235 g/mol. The molecule has 0 N–H and O–H groups in total. The summed E-state index contributed by atoms with van der Waals surface area (Å²) in [6.45, 7) is 0. The summed E-state index contributed by atoms with van der Waals surface area (Å²) < 4.78 is 9.37. The van der Waals surface area contributed by atoms with Gasteiger partial charge in [-0.1, -0.05) is 23.2 Å². The molecular weight excluding hydrogens is 229 g/mol. The van der Waals surface area contributed by atoms with E-state index in [1.807, 2.05) is 0 Å². The van der Waals surface area contributed by atoms with E-state index in [0.29, 0.717) is 0 Å².